The highest BCUT2D eigenvalue weighted by Gasteiger charge is 2.22. The number of hydrogen-bond acceptors (Lipinski definition) is 4. The Morgan fingerprint density at radius 1 is 1.35 bits per heavy atom. The first-order chi connectivity index (χ1) is 12.1. The number of hydrogen-bond donors (Lipinski definition) is 2. The van der Waals surface area contributed by atoms with Gasteiger partial charge in [0.2, 0.25) is 11.8 Å². The van der Waals surface area contributed by atoms with E-state index in [4.69, 9.17) is 28.3 Å². The fraction of sp³-hybridized carbons (Fsp3) is 0.188. The van der Waals surface area contributed by atoms with Crippen molar-refractivity contribution in [2.24, 2.45) is 0 Å². The summed E-state index contributed by atoms with van der Waals surface area (Å²) in [4.78, 5) is 26.0. The molecule has 2 rings (SSSR count). The third-order valence-corrected chi connectivity index (χ3v) is 3.92. The first kappa shape index (κ1) is 19.9. The number of nitrogens with one attached hydrogen (secondary N) is 1. The molecule has 1 atom stereocenters. The summed E-state index contributed by atoms with van der Waals surface area (Å²) < 4.78 is 32.9. The lowest BCUT2D eigenvalue weighted by molar-refractivity contribution is -0.114. The highest BCUT2D eigenvalue weighted by molar-refractivity contribution is 6.35. The summed E-state index contributed by atoms with van der Waals surface area (Å²) in [5.74, 6) is -2.05. The van der Waals surface area contributed by atoms with Crippen molar-refractivity contribution < 1.29 is 28.2 Å². The molecular weight excluding hydrogens is 393 g/mol. The quantitative estimate of drug-likeness (QED) is 0.680. The number of ether oxygens (including phenoxy) is 1. The Hall–Kier alpha value is -2.45. The van der Waals surface area contributed by atoms with Crippen LogP contribution in [0.2, 0.25) is 10.0 Å². The van der Waals surface area contributed by atoms with Crippen LogP contribution < -0.4 is 10.1 Å². The molecule has 0 radical (unpaired) electrons. The Morgan fingerprint density at radius 2 is 2.00 bits per heavy atom. The average molecular weight is 405 g/mol. The number of benzene rings is 1. The summed E-state index contributed by atoms with van der Waals surface area (Å²) in [6.45, 7) is 2.31. The van der Waals surface area contributed by atoms with Crippen molar-refractivity contribution >= 4 is 41.0 Å². The van der Waals surface area contributed by atoms with Crippen molar-refractivity contribution in [1.82, 2.24) is 4.98 Å². The van der Waals surface area contributed by atoms with Crippen LogP contribution in [0, 0.1) is 5.82 Å². The summed E-state index contributed by atoms with van der Waals surface area (Å²) in [5.41, 5.74) is -0.731. The molecule has 0 saturated heterocycles. The van der Waals surface area contributed by atoms with E-state index in [0.717, 1.165) is 6.92 Å². The highest BCUT2D eigenvalue weighted by Crippen LogP contribution is 2.38. The summed E-state index contributed by atoms with van der Waals surface area (Å²) in [6.07, 6.45) is -3.40. The zero-order valence-electron chi connectivity index (χ0n) is 13.4. The van der Waals surface area contributed by atoms with Crippen LogP contribution in [0.1, 0.15) is 25.6 Å². The second-order valence-electron chi connectivity index (χ2n) is 5.16. The van der Waals surface area contributed by atoms with Crippen molar-refractivity contribution in [3.05, 3.63) is 39.6 Å². The van der Waals surface area contributed by atoms with Crippen LogP contribution in [0.25, 0.3) is 11.3 Å². The van der Waals surface area contributed by atoms with Crippen LogP contribution in [0.4, 0.5) is 19.3 Å². The van der Waals surface area contributed by atoms with Gasteiger partial charge in [-0.1, -0.05) is 23.2 Å². The standard InChI is InChI=1S/C16H12Cl2F2N2O4/c1-6(19)12-9(17)4-3-8(14(12)20)10-5-11(21-7(2)23)13(18)15(22-10)26-16(24)25/h3-6H,1-2H3,(H,24,25)(H,21,22,23). The maximum absolute atomic E-state index is 14.7. The number of halogens is 4. The molecule has 138 valence electrons. The largest absolute Gasteiger partial charge is 0.512 e. The normalized spacial score (nSPS) is 11.8. The lowest BCUT2D eigenvalue weighted by Gasteiger charge is -2.14. The zero-order chi connectivity index (χ0) is 19.6. The average Bonchev–Trinajstić information content (AvgIpc) is 2.50. The van der Waals surface area contributed by atoms with Gasteiger partial charge in [-0.2, -0.15) is 0 Å². The van der Waals surface area contributed by atoms with E-state index in [0.29, 0.717) is 0 Å². The first-order valence-corrected chi connectivity index (χ1v) is 7.88. The van der Waals surface area contributed by atoms with Gasteiger partial charge in [-0.15, -0.1) is 0 Å². The lowest BCUT2D eigenvalue weighted by Crippen LogP contribution is -2.10. The molecule has 0 spiro atoms. The molecule has 1 unspecified atom stereocenters. The second kappa shape index (κ2) is 7.84. The van der Waals surface area contributed by atoms with Crippen LogP contribution >= 0.6 is 23.2 Å². The summed E-state index contributed by atoms with van der Waals surface area (Å²) in [7, 11) is 0. The van der Waals surface area contributed by atoms with Crippen molar-refractivity contribution in [3.8, 4) is 17.1 Å². The molecule has 0 fully saturated rings. The molecule has 26 heavy (non-hydrogen) atoms. The van der Waals surface area contributed by atoms with Crippen LogP contribution in [0.5, 0.6) is 5.88 Å². The first-order valence-electron chi connectivity index (χ1n) is 7.13. The molecule has 0 aliphatic heterocycles. The molecule has 10 heteroatoms. The molecule has 0 aliphatic rings. The maximum Gasteiger partial charge on any atom is 0.512 e. The van der Waals surface area contributed by atoms with E-state index in [9.17, 15) is 18.4 Å². The van der Waals surface area contributed by atoms with E-state index in [1.54, 1.807) is 0 Å². The number of alkyl halides is 1. The highest BCUT2D eigenvalue weighted by atomic mass is 35.5. The second-order valence-corrected chi connectivity index (χ2v) is 5.95. The summed E-state index contributed by atoms with van der Waals surface area (Å²) in [5, 5.41) is 10.7. The van der Waals surface area contributed by atoms with E-state index < -0.39 is 29.9 Å². The Morgan fingerprint density at radius 3 is 2.54 bits per heavy atom. The topological polar surface area (TPSA) is 88.5 Å². The van der Waals surface area contributed by atoms with E-state index >= 15 is 0 Å². The van der Waals surface area contributed by atoms with E-state index in [2.05, 4.69) is 15.0 Å². The number of amides is 1. The molecule has 6 nitrogen and oxygen atoms in total. The molecular formula is C16H12Cl2F2N2O4. The van der Waals surface area contributed by atoms with Gasteiger partial charge >= 0.3 is 6.16 Å². The predicted octanol–water partition coefficient (Wildman–Crippen LogP) is 5.24. The Bertz CT molecular complexity index is 854. The number of carbonyl (C=O) groups is 2. The monoisotopic (exact) mass is 404 g/mol. The molecule has 1 aromatic heterocycles. The molecule has 0 bridgehead atoms. The van der Waals surface area contributed by atoms with E-state index in [-0.39, 0.29) is 32.6 Å². The van der Waals surface area contributed by atoms with Crippen molar-refractivity contribution in [1.29, 1.82) is 0 Å². The number of carboxylic acid groups (broad SMARTS) is 1. The van der Waals surface area contributed by atoms with Gasteiger partial charge in [-0.05, 0) is 25.1 Å². The minimum Gasteiger partial charge on any atom is -0.449 e. The minimum absolute atomic E-state index is 0.0513. The van der Waals surface area contributed by atoms with Gasteiger partial charge in [-0.25, -0.2) is 18.6 Å². The molecule has 2 aromatic rings. The lowest BCUT2D eigenvalue weighted by atomic mass is 10.0. The van der Waals surface area contributed by atoms with Gasteiger partial charge in [0.1, 0.15) is 17.0 Å². The van der Waals surface area contributed by atoms with Gasteiger partial charge in [-0.3, -0.25) is 4.79 Å². The van der Waals surface area contributed by atoms with Crippen LogP contribution in [-0.4, -0.2) is 22.2 Å². The Kier molecular flexibility index (Phi) is 5.99. The van der Waals surface area contributed by atoms with Gasteiger partial charge in [0.05, 0.1) is 11.4 Å². The van der Waals surface area contributed by atoms with Gasteiger partial charge in [0.15, 0.2) is 0 Å². The molecule has 0 aliphatic carbocycles. The molecule has 2 N–H and O–H groups in total. The number of aromatic nitrogens is 1. The van der Waals surface area contributed by atoms with Crippen LogP contribution in [0.15, 0.2) is 18.2 Å². The zero-order valence-corrected chi connectivity index (χ0v) is 15.0. The van der Waals surface area contributed by atoms with Gasteiger partial charge in [0.25, 0.3) is 0 Å². The third-order valence-electron chi connectivity index (χ3n) is 3.22. The Labute approximate surface area is 156 Å². The van der Waals surface area contributed by atoms with E-state index in [1.165, 1.54) is 25.1 Å². The SMILES string of the molecule is CC(=O)Nc1cc(-c2ccc(Cl)c(C(C)F)c2F)nc(OC(=O)O)c1Cl. The van der Waals surface area contributed by atoms with Crippen molar-refractivity contribution in [2.45, 2.75) is 20.0 Å². The third kappa shape index (κ3) is 4.20. The number of carbonyl (C=O) groups excluding carboxylic acids is 1. The van der Waals surface area contributed by atoms with Crippen molar-refractivity contribution in [3.63, 3.8) is 0 Å². The molecule has 1 amide bonds. The van der Waals surface area contributed by atoms with Crippen molar-refractivity contribution in [2.75, 3.05) is 5.32 Å². The molecule has 1 heterocycles. The fourth-order valence-corrected chi connectivity index (χ4v) is 2.69. The number of rotatable bonds is 4. The Balaban J connectivity index is 2.71. The van der Waals surface area contributed by atoms with Gasteiger partial charge in [0, 0.05) is 23.1 Å². The molecule has 1 aromatic carbocycles. The van der Waals surface area contributed by atoms with Gasteiger partial charge < -0.3 is 15.2 Å². The smallest absolute Gasteiger partial charge is 0.449 e. The summed E-state index contributed by atoms with van der Waals surface area (Å²) in [6, 6.07) is 3.72. The maximum atomic E-state index is 14.7. The number of nitrogens with zero attached hydrogens (tertiary/aromatic N) is 1. The summed E-state index contributed by atoms with van der Waals surface area (Å²) >= 11 is 11.8. The van der Waals surface area contributed by atoms with E-state index in [1.807, 2.05) is 0 Å². The number of anilines is 1. The minimum atomic E-state index is -1.71. The fourth-order valence-electron chi connectivity index (χ4n) is 2.21. The predicted molar refractivity (Wildman–Crippen MR) is 92.1 cm³/mol. The number of pyridine rings is 1. The molecule has 0 saturated carbocycles. The van der Waals surface area contributed by atoms with Crippen LogP contribution in [-0.2, 0) is 4.79 Å². The van der Waals surface area contributed by atoms with Crippen LogP contribution in [0.3, 0.4) is 0 Å².